The molecule has 1 saturated heterocycles. The van der Waals surface area contributed by atoms with E-state index in [1.165, 1.54) is 5.56 Å². The topological polar surface area (TPSA) is 58.6 Å². The highest BCUT2D eigenvalue weighted by molar-refractivity contribution is 5.80. The summed E-state index contributed by atoms with van der Waals surface area (Å²) in [4.78, 5) is 25.4. The summed E-state index contributed by atoms with van der Waals surface area (Å²) in [5.41, 5.74) is 2.33. The summed E-state index contributed by atoms with van der Waals surface area (Å²) in [6.07, 6.45) is 2.53. The number of aryl methyl sites for hydroxylation is 2. The Balaban J connectivity index is 1.65. The molecule has 0 atom stereocenters. The Kier molecular flexibility index (Phi) is 5.81. The van der Waals surface area contributed by atoms with Gasteiger partial charge < -0.3 is 15.0 Å². The van der Waals surface area contributed by atoms with Crippen LogP contribution in [0.25, 0.3) is 0 Å². The molecule has 5 heteroatoms. The Bertz CT molecular complexity index is 537. The summed E-state index contributed by atoms with van der Waals surface area (Å²) >= 11 is 0. The lowest BCUT2D eigenvalue weighted by Crippen LogP contribution is -2.34. The molecule has 22 heavy (non-hydrogen) atoms. The fourth-order valence-electron chi connectivity index (χ4n) is 2.44. The number of likely N-dealkylation sites (tertiary alicyclic amines) is 1. The number of nitrogens with one attached hydrogen (secondary N) is 1. The first-order valence-corrected chi connectivity index (χ1v) is 7.81. The predicted octanol–water partition coefficient (Wildman–Crippen LogP) is 1.81. The van der Waals surface area contributed by atoms with Crippen LogP contribution in [0.1, 0.15) is 30.4 Å². The third-order valence-electron chi connectivity index (χ3n) is 3.97. The summed E-state index contributed by atoms with van der Waals surface area (Å²) in [6.45, 7) is 6.08. The smallest absolute Gasteiger partial charge is 0.257 e. The van der Waals surface area contributed by atoms with E-state index in [0.717, 1.165) is 31.5 Å². The zero-order valence-electron chi connectivity index (χ0n) is 13.4. The van der Waals surface area contributed by atoms with Crippen LogP contribution in [-0.2, 0) is 9.59 Å². The lowest BCUT2D eigenvalue weighted by atomic mass is 10.1. The lowest BCUT2D eigenvalue weighted by molar-refractivity contribution is -0.130. The van der Waals surface area contributed by atoms with Crippen molar-refractivity contribution in [1.29, 1.82) is 0 Å². The van der Waals surface area contributed by atoms with Crippen LogP contribution in [0.3, 0.4) is 0 Å². The van der Waals surface area contributed by atoms with Gasteiger partial charge in [0.05, 0.1) is 0 Å². The van der Waals surface area contributed by atoms with Crippen molar-refractivity contribution < 1.29 is 14.3 Å². The predicted molar refractivity (Wildman–Crippen MR) is 84.9 cm³/mol. The van der Waals surface area contributed by atoms with Crippen LogP contribution in [0, 0.1) is 13.8 Å². The van der Waals surface area contributed by atoms with Crippen molar-refractivity contribution in [2.24, 2.45) is 0 Å². The summed E-state index contributed by atoms with van der Waals surface area (Å²) < 4.78 is 5.45. The maximum absolute atomic E-state index is 11.8. The van der Waals surface area contributed by atoms with E-state index in [0.29, 0.717) is 18.7 Å². The van der Waals surface area contributed by atoms with Gasteiger partial charge in [0.2, 0.25) is 5.91 Å². The third-order valence-corrected chi connectivity index (χ3v) is 3.97. The van der Waals surface area contributed by atoms with E-state index < -0.39 is 0 Å². The number of carbonyl (C=O) groups is 2. The lowest BCUT2D eigenvalue weighted by Gasteiger charge is -2.15. The molecule has 1 aliphatic heterocycles. The Morgan fingerprint density at radius 1 is 1.18 bits per heavy atom. The van der Waals surface area contributed by atoms with Crippen molar-refractivity contribution in [3.05, 3.63) is 29.3 Å². The molecule has 1 N–H and O–H groups in total. The summed E-state index contributed by atoms with van der Waals surface area (Å²) in [7, 11) is 0. The van der Waals surface area contributed by atoms with Gasteiger partial charge in [0.15, 0.2) is 6.61 Å². The third kappa shape index (κ3) is 4.76. The Labute approximate surface area is 131 Å². The van der Waals surface area contributed by atoms with Crippen LogP contribution in [0.5, 0.6) is 5.75 Å². The fraction of sp³-hybridized carbons (Fsp3) is 0.529. The van der Waals surface area contributed by atoms with E-state index in [2.05, 4.69) is 5.32 Å². The van der Waals surface area contributed by atoms with E-state index in [1.807, 2.05) is 36.9 Å². The van der Waals surface area contributed by atoms with Gasteiger partial charge in [-0.05, 0) is 49.9 Å². The molecule has 1 aromatic rings. The number of benzene rings is 1. The molecule has 0 saturated carbocycles. The largest absolute Gasteiger partial charge is 0.484 e. The zero-order chi connectivity index (χ0) is 15.9. The van der Waals surface area contributed by atoms with Crippen molar-refractivity contribution in [3.8, 4) is 5.75 Å². The average molecular weight is 304 g/mol. The zero-order valence-corrected chi connectivity index (χ0v) is 13.4. The van der Waals surface area contributed by atoms with E-state index in [9.17, 15) is 9.59 Å². The van der Waals surface area contributed by atoms with Gasteiger partial charge >= 0.3 is 0 Å². The number of ether oxygens (including phenoxy) is 1. The molecule has 0 radical (unpaired) electrons. The van der Waals surface area contributed by atoms with Crippen molar-refractivity contribution in [1.82, 2.24) is 10.2 Å². The second kappa shape index (κ2) is 7.82. The number of carbonyl (C=O) groups excluding carboxylic acids is 2. The molecule has 5 nitrogen and oxygen atoms in total. The van der Waals surface area contributed by atoms with Crippen LogP contribution in [-0.4, -0.2) is 43.0 Å². The molecule has 1 aromatic carbocycles. The first-order chi connectivity index (χ1) is 10.6. The van der Waals surface area contributed by atoms with Crippen LogP contribution >= 0.6 is 0 Å². The first kappa shape index (κ1) is 16.3. The average Bonchev–Trinajstić information content (AvgIpc) is 3.03. The SMILES string of the molecule is Cc1ccc(OCC(=O)NCCC(=O)N2CCCC2)cc1C. The highest BCUT2D eigenvalue weighted by atomic mass is 16.5. The minimum atomic E-state index is -0.201. The second-order valence-electron chi connectivity index (χ2n) is 5.72. The van der Waals surface area contributed by atoms with Crippen LogP contribution in [0.2, 0.25) is 0 Å². The number of amides is 2. The summed E-state index contributed by atoms with van der Waals surface area (Å²) in [5, 5.41) is 2.72. The van der Waals surface area contributed by atoms with Gasteiger partial charge in [-0.2, -0.15) is 0 Å². The molecule has 0 spiro atoms. The Morgan fingerprint density at radius 2 is 1.91 bits per heavy atom. The standard InChI is InChI=1S/C17H24N2O3/c1-13-5-6-15(11-14(13)2)22-12-16(20)18-8-7-17(21)19-9-3-4-10-19/h5-6,11H,3-4,7-10,12H2,1-2H3,(H,18,20). The summed E-state index contributed by atoms with van der Waals surface area (Å²) in [5.74, 6) is 0.603. The molecule has 2 amide bonds. The maximum Gasteiger partial charge on any atom is 0.257 e. The molecule has 1 fully saturated rings. The Morgan fingerprint density at radius 3 is 2.59 bits per heavy atom. The van der Waals surface area contributed by atoms with Gasteiger partial charge in [-0.15, -0.1) is 0 Å². The van der Waals surface area contributed by atoms with Gasteiger partial charge in [0.25, 0.3) is 5.91 Å². The van der Waals surface area contributed by atoms with Gasteiger partial charge in [-0.3, -0.25) is 9.59 Å². The molecule has 1 aliphatic rings. The number of hydrogen-bond acceptors (Lipinski definition) is 3. The number of hydrogen-bond donors (Lipinski definition) is 1. The molecule has 1 heterocycles. The van der Waals surface area contributed by atoms with Crippen LogP contribution in [0.4, 0.5) is 0 Å². The molecule has 0 bridgehead atoms. The van der Waals surface area contributed by atoms with Gasteiger partial charge in [-0.1, -0.05) is 6.07 Å². The first-order valence-electron chi connectivity index (χ1n) is 7.81. The fourth-order valence-corrected chi connectivity index (χ4v) is 2.44. The number of rotatable bonds is 6. The minimum Gasteiger partial charge on any atom is -0.484 e. The minimum absolute atomic E-state index is 0.0274. The highest BCUT2D eigenvalue weighted by Gasteiger charge is 2.17. The van der Waals surface area contributed by atoms with E-state index in [-0.39, 0.29) is 18.4 Å². The Hall–Kier alpha value is -2.04. The molecule has 2 rings (SSSR count). The molecular formula is C17H24N2O3. The van der Waals surface area contributed by atoms with E-state index in [4.69, 9.17) is 4.74 Å². The molecule has 0 unspecified atom stereocenters. The second-order valence-corrected chi connectivity index (χ2v) is 5.72. The molecular weight excluding hydrogens is 280 g/mol. The van der Waals surface area contributed by atoms with Crippen LogP contribution in [0.15, 0.2) is 18.2 Å². The van der Waals surface area contributed by atoms with Gasteiger partial charge in [-0.25, -0.2) is 0 Å². The highest BCUT2D eigenvalue weighted by Crippen LogP contribution is 2.16. The van der Waals surface area contributed by atoms with E-state index in [1.54, 1.807) is 0 Å². The van der Waals surface area contributed by atoms with E-state index >= 15 is 0 Å². The van der Waals surface area contributed by atoms with Crippen molar-refractivity contribution >= 4 is 11.8 Å². The summed E-state index contributed by atoms with van der Waals surface area (Å²) in [6, 6.07) is 5.74. The van der Waals surface area contributed by atoms with Crippen molar-refractivity contribution in [2.75, 3.05) is 26.2 Å². The molecule has 0 aliphatic carbocycles. The molecule has 120 valence electrons. The molecule has 0 aromatic heterocycles. The number of nitrogens with zero attached hydrogens (tertiary/aromatic N) is 1. The maximum atomic E-state index is 11.8. The normalized spacial score (nSPS) is 14.0. The van der Waals surface area contributed by atoms with Gasteiger partial charge in [0, 0.05) is 26.1 Å². The van der Waals surface area contributed by atoms with Crippen molar-refractivity contribution in [2.45, 2.75) is 33.1 Å². The van der Waals surface area contributed by atoms with Crippen LogP contribution < -0.4 is 10.1 Å². The van der Waals surface area contributed by atoms with Gasteiger partial charge in [0.1, 0.15) is 5.75 Å². The monoisotopic (exact) mass is 304 g/mol. The quantitative estimate of drug-likeness (QED) is 0.872. The van der Waals surface area contributed by atoms with Crippen molar-refractivity contribution in [3.63, 3.8) is 0 Å².